The second kappa shape index (κ2) is 5.98. The summed E-state index contributed by atoms with van der Waals surface area (Å²) in [7, 11) is 1.57. The maximum atomic E-state index is 12.6. The minimum absolute atomic E-state index is 0.295. The molecule has 0 aliphatic rings. The maximum absolute atomic E-state index is 12.6. The molecule has 4 N–H and O–H groups in total. The molecule has 0 spiro atoms. The molecule has 0 fully saturated rings. The van der Waals surface area contributed by atoms with Crippen molar-refractivity contribution >= 4 is 27.9 Å². The Morgan fingerprint density at radius 1 is 1.14 bits per heavy atom. The highest BCUT2D eigenvalue weighted by atomic mass is 16.5. The van der Waals surface area contributed by atoms with Gasteiger partial charge >= 0.3 is 5.69 Å². The third-order valence-corrected chi connectivity index (χ3v) is 4.71. The van der Waals surface area contributed by atoms with Gasteiger partial charge in [0.1, 0.15) is 5.75 Å². The smallest absolute Gasteiger partial charge is 0.333 e. The largest absolute Gasteiger partial charge is 0.495 e. The van der Waals surface area contributed by atoms with Crippen molar-refractivity contribution in [2.24, 2.45) is 0 Å². The molecule has 8 nitrogen and oxygen atoms in total. The summed E-state index contributed by atoms with van der Waals surface area (Å²) in [6.45, 7) is 0. The summed E-state index contributed by atoms with van der Waals surface area (Å²) in [4.78, 5) is 27.5. The monoisotopic (exact) mass is 372 g/mol. The number of rotatable bonds is 3. The van der Waals surface area contributed by atoms with E-state index in [1.165, 1.54) is 4.57 Å². The van der Waals surface area contributed by atoms with Crippen molar-refractivity contribution in [3.63, 3.8) is 0 Å². The number of ether oxygens (including phenoxy) is 1. The van der Waals surface area contributed by atoms with Gasteiger partial charge in [-0.2, -0.15) is 0 Å². The number of fused-ring (bicyclic) bond motifs is 2. The summed E-state index contributed by atoms with van der Waals surface area (Å²) in [5.74, 6) is 0.594. The third-order valence-electron chi connectivity index (χ3n) is 4.71. The van der Waals surface area contributed by atoms with Crippen LogP contribution in [0.25, 0.3) is 39.1 Å². The summed E-state index contributed by atoms with van der Waals surface area (Å²) in [5, 5.41) is 1.01. The van der Waals surface area contributed by atoms with Gasteiger partial charge in [0.05, 0.1) is 30.4 Å². The normalized spacial score (nSPS) is 11.3. The van der Waals surface area contributed by atoms with Gasteiger partial charge in [0, 0.05) is 22.7 Å². The summed E-state index contributed by atoms with van der Waals surface area (Å²) in [6.07, 6.45) is 3.47. The van der Waals surface area contributed by atoms with Gasteiger partial charge < -0.3 is 15.5 Å². The third kappa shape index (κ3) is 2.43. The number of methoxy groups -OCH3 is 1. The first-order valence-electron chi connectivity index (χ1n) is 8.63. The maximum Gasteiger partial charge on any atom is 0.333 e. The van der Waals surface area contributed by atoms with Crippen LogP contribution in [-0.2, 0) is 0 Å². The number of H-pyrrole nitrogens is 2. The van der Waals surface area contributed by atoms with Crippen LogP contribution in [0.15, 0.2) is 59.7 Å². The highest BCUT2D eigenvalue weighted by Gasteiger charge is 2.14. The summed E-state index contributed by atoms with van der Waals surface area (Å²) >= 11 is 0. The molecule has 0 aliphatic heterocycles. The predicted molar refractivity (Wildman–Crippen MR) is 108 cm³/mol. The Labute approximate surface area is 158 Å². The number of nitrogens with two attached hydrogens (primary N) is 1. The second-order valence-electron chi connectivity index (χ2n) is 6.40. The SMILES string of the molecule is COc1ccc(-c2cnc3[nH]c(=O)n(-c4ccc5[nH]ccc5c4)c3n2)cc1N. The van der Waals surface area contributed by atoms with Gasteiger partial charge in [-0.3, -0.25) is 4.98 Å². The predicted octanol–water partition coefficient (Wildman–Crippen LogP) is 2.85. The van der Waals surface area contributed by atoms with E-state index in [0.717, 1.165) is 16.5 Å². The lowest BCUT2D eigenvalue weighted by molar-refractivity contribution is 0.417. The average Bonchev–Trinajstić information content (AvgIpc) is 3.29. The van der Waals surface area contributed by atoms with Crippen molar-refractivity contribution in [1.82, 2.24) is 24.5 Å². The quantitative estimate of drug-likeness (QED) is 0.421. The molecule has 0 saturated heterocycles. The van der Waals surface area contributed by atoms with E-state index in [-0.39, 0.29) is 5.69 Å². The van der Waals surface area contributed by atoms with Crippen molar-refractivity contribution in [3.8, 4) is 22.7 Å². The van der Waals surface area contributed by atoms with Crippen LogP contribution in [0, 0.1) is 0 Å². The zero-order valence-electron chi connectivity index (χ0n) is 14.9. The van der Waals surface area contributed by atoms with Crippen LogP contribution < -0.4 is 16.2 Å². The topological polar surface area (TPSA) is 115 Å². The van der Waals surface area contributed by atoms with E-state index in [0.29, 0.717) is 34.1 Å². The fraction of sp³-hybridized carbons (Fsp3) is 0.0500. The fourth-order valence-electron chi connectivity index (χ4n) is 3.33. The standard InChI is InChI=1S/C20H16N6O2/c1-28-17-5-2-11(9-14(17)21)16-10-23-18-19(24-16)26(20(27)25-18)13-3-4-15-12(8-13)6-7-22-15/h2-10,22H,21H2,1H3,(H,23,25,27). The lowest BCUT2D eigenvalue weighted by atomic mass is 10.1. The number of hydrogen-bond donors (Lipinski definition) is 3. The van der Waals surface area contributed by atoms with Crippen molar-refractivity contribution in [1.29, 1.82) is 0 Å². The van der Waals surface area contributed by atoms with E-state index in [1.54, 1.807) is 25.4 Å². The van der Waals surface area contributed by atoms with Crippen LogP contribution in [0.3, 0.4) is 0 Å². The molecule has 3 heterocycles. The molecule has 0 unspecified atom stereocenters. The molecule has 0 atom stereocenters. The second-order valence-corrected chi connectivity index (χ2v) is 6.40. The minimum Gasteiger partial charge on any atom is -0.495 e. The number of hydrogen-bond acceptors (Lipinski definition) is 5. The Hall–Kier alpha value is -4.07. The van der Waals surface area contributed by atoms with Gasteiger partial charge in [-0.25, -0.2) is 19.3 Å². The molecule has 28 heavy (non-hydrogen) atoms. The Balaban J connectivity index is 1.70. The van der Waals surface area contributed by atoms with Crippen LogP contribution >= 0.6 is 0 Å². The molecule has 8 heteroatoms. The van der Waals surface area contributed by atoms with Gasteiger partial charge in [-0.05, 0) is 42.5 Å². The first-order chi connectivity index (χ1) is 13.6. The van der Waals surface area contributed by atoms with Gasteiger partial charge in [0.25, 0.3) is 0 Å². The number of anilines is 1. The Bertz CT molecular complexity index is 1400. The first kappa shape index (κ1) is 16.1. The highest BCUT2D eigenvalue weighted by molar-refractivity contribution is 5.82. The Morgan fingerprint density at radius 2 is 2.04 bits per heavy atom. The van der Waals surface area contributed by atoms with E-state index in [9.17, 15) is 4.79 Å². The van der Waals surface area contributed by atoms with Crippen molar-refractivity contribution in [3.05, 3.63) is 65.3 Å². The zero-order chi connectivity index (χ0) is 19.3. The molecule has 0 saturated carbocycles. The lowest BCUT2D eigenvalue weighted by Gasteiger charge is -2.07. The minimum atomic E-state index is -0.295. The van der Waals surface area contributed by atoms with E-state index in [4.69, 9.17) is 10.5 Å². The number of nitrogens with zero attached hydrogens (tertiary/aromatic N) is 3. The molecule has 5 rings (SSSR count). The molecule has 138 valence electrons. The van der Waals surface area contributed by atoms with Crippen LogP contribution in [-0.4, -0.2) is 31.6 Å². The first-order valence-corrected chi connectivity index (χ1v) is 8.63. The average molecular weight is 372 g/mol. The number of imidazole rings is 1. The summed E-state index contributed by atoms with van der Waals surface area (Å²) in [5.41, 5.74) is 10.2. The summed E-state index contributed by atoms with van der Waals surface area (Å²) < 4.78 is 6.72. The Kier molecular flexibility index (Phi) is 3.45. The molecule has 2 aromatic carbocycles. The van der Waals surface area contributed by atoms with Gasteiger partial charge in [-0.15, -0.1) is 0 Å². The van der Waals surface area contributed by atoms with Crippen molar-refractivity contribution < 1.29 is 4.74 Å². The van der Waals surface area contributed by atoms with Gasteiger partial charge in [-0.1, -0.05) is 0 Å². The number of aromatic amines is 2. The van der Waals surface area contributed by atoms with E-state index >= 15 is 0 Å². The number of nitrogens with one attached hydrogen (secondary N) is 2. The zero-order valence-corrected chi connectivity index (χ0v) is 14.9. The van der Waals surface area contributed by atoms with Crippen LogP contribution in [0.1, 0.15) is 0 Å². The van der Waals surface area contributed by atoms with E-state index < -0.39 is 0 Å². The number of aromatic nitrogens is 5. The highest BCUT2D eigenvalue weighted by Crippen LogP contribution is 2.28. The van der Waals surface area contributed by atoms with E-state index in [1.807, 2.05) is 36.5 Å². The number of benzene rings is 2. The molecule has 0 amide bonds. The van der Waals surface area contributed by atoms with Crippen molar-refractivity contribution in [2.75, 3.05) is 12.8 Å². The lowest BCUT2D eigenvalue weighted by Crippen LogP contribution is -2.14. The van der Waals surface area contributed by atoms with Crippen LogP contribution in [0.2, 0.25) is 0 Å². The van der Waals surface area contributed by atoms with Crippen molar-refractivity contribution in [2.45, 2.75) is 0 Å². The van der Waals surface area contributed by atoms with E-state index in [2.05, 4.69) is 19.9 Å². The molecular weight excluding hydrogens is 356 g/mol. The molecule has 3 aromatic heterocycles. The Morgan fingerprint density at radius 3 is 2.86 bits per heavy atom. The van der Waals surface area contributed by atoms with Crippen LogP contribution in [0.4, 0.5) is 5.69 Å². The molecule has 0 aliphatic carbocycles. The van der Waals surface area contributed by atoms with Gasteiger partial charge in [0.15, 0.2) is 11.3 Å². The number of nitrogen functional groups attached to an aromatic ring is 1. The van der Waals surface area contributed by atoms with Gasteiger partial charge in [0.2, 0.25) is 0 Å². The van der Waals surface area contributed by atoms with Crippen LogP contribution in [0.5, 0.6) is 5.75 Å². The molecule has 5 aromatic rings. The molecule has 0 bridgehead atoms. The molecular formula is C20H16N6O2. The molecule has 0 radical (unpaired) electrons. The summed E-state index contributed by atoms with van der Waals surface area (Å²) in [6, 6.07) is 13.1. The fourth-order valence-corrected chi connectivity index (χ4v) is 3.33.